The molecular formula is C15H15N3O2. The van der Waals surface area contributed by atoms with Gasteiger partial charge in [0.25, 0.3) is 0 Å². The Labute approximate surface area is 117 Å². The van der Waals surface area contributed by atoms with Gasteiger partial charge in [-0.25, -0.2) is 0 Å². The topological polar surface area (TPSA) is 58.4 Å². The fourth-order valence-electron chi connectivity index (χ4n) is 2.68. The number of rotatable bonds is 3. The molecule has 0 spiro atoms. The van der Waals surface area contributed by atoms with Gasteiger partial charge in [0.05, 0.1) is 4.92 Å². The number of benzene rings is 2. The number of nitrogens with zero attached hydrogens (tertiary/aromatic N) is 2. The highest BCUT2D eigenvalue weighted by molar-refractivity contribution is 5.77. The number of nitro groups is 1. The summed E-state index contributed by atoms with van der Waals surface area (Å²) in [6.07, 6.45) is 0. The van der Waals surface area contributed by atoms with Crippen LogP contribution in [0.2, 0.25) is 0 Å². The molecule has 20 heavy (non-hydrogen) atoms. The number of hydrogen-bond donors (Lipinski definition) is 1. The second-order valence-electron chi connectivity index (χ2n) is 4.81. The molecule has 0 fully saturated rings. The molecule has 0 aliphatic carbocycles. The number of para-hydroxylation sites is 1. The van der Waals surface area contributed by atoms with Crippen LogP contribution in [0.1, 0.15) is 11.1 Å². The van der Waals surface area contributed by atoms with Crippen molar-refractivity contribution in [3.05, 3.63) is 63.7 Å². The van der Waals surface area contributed by atoms with Gasteiger partial charge < -0.3 is 10.2 Å². The van der Waals surface area contributed by atoms with E-state index >= 15 is 0 Å². The Kier molecular flexibility index (Phi) is 3.02. The van der Waals surface area contributed by atoms with Crippen molar-refractivity contribution < 1.29 is 4.92 Å². The zero-order valence-electron chi connectivity index (χ0n) is 11.2. The molecule has 0 radical (unpaired) electrons. The second-order valence-corrected chi connectivity index (χ2v) is 4.81. The van der Waals surface area contributed by atoms with Crippen molar-refractivity contribution in [2.24, 2.45) is 0 Å². The standard InChI is InChI=1S/C15H15N3O2/c1-16-13-7-4-8-14(15(13)18(19)20)17-9-11-5-2-3-6-12(11)10-17/h2-8,16H,9-10H2,1H3. The van der Waals surface area contributed by atoms with Gasteiger partial charge in [0, 0.05) is 20.1 Å². The lowest BCUT2D eigenvalue weighted by Gasteiger charge is -2.18. The van der Waals surface area contributed by atoms with Crippen molar-refractivity contribution in [3.63, 3.8) is 0 Å². The van der Waals surface area contributed by atoms with Gasteiger partial charge in [-0.15, -0.1) is 0 Å². The molecule has 1 aliphatic heterocycles. The number of anilines is 2. The van der Waals surface area contributed by atoms with Crippen LogP contribution in [0.25, 0.3) is 0 Å². The summed E-state index contributed by atoms with van der Waals surface area (Å²) in [7, 11) is 1.70. The van der Waals surface area contributed by atoms with E-state index in [-0.39, 0.29) is 10.6 Å². The minimum atomic E-state index is -0.315. The van der Waals surface area contributed by atoms with E-state index in [0.29, 0.717) is 24.5 Å². The summed E-state index contributed by atoms with van der Waals surface area (Å²) < 4.78 is 0. The summed E-state index contributed by atoms with van der Waals surface area (Å²) in [5.41, 5.74) is 3.82. The Morgan fingerprint density at radius 2 is 1.75 bits per heavy atom. The zero-order chi connectivity index (χ0) is 14.1. The van der Waals surface area contributed by atoms with E-state index in [9.17, 15) is 10.1 Å². The lowest BCUT2D eigenvalue weighted by Crippen LogP contribution is -2.16. The van der Waals surface area contributed by atoms with E-state index in [1.165, 1.54) is 11.1 Å². The third kappa shape index (κ3) is 1.97. The van der Waals surface area contributed by atoms with E-state index in [4.69, 9.17) is 0 Å². The van der Waals surface area contributed by atoms with Crippen molar-refractivity contribution in [1.29, 1.82) is 0 Å². The van der Waals surface area contributed by atoms with E-state index in [1.54, 1.807) is 13.1 Å². The third-order valence-electron chi connectivity index (χ3n) is 3.65. The van der Waals surface area contributed by atoms with Gasteiger partial charge in [-0.05, 0) is 23.3 Å². The van der Waals surface area contributed by atoms with Crippen LogP contribution < -0.4 is 10.2 Å². The first-order valence-corrected chi connectivity index (χ1v) is 6.47. The lowest BCUT2D eigenvalue weighted by molar-refractivity contribution is -0.383. The molecule has 5 heteroatoms. The Hall–Kier alpha value is -2.56. The van der Waals surface area contributed by atoms with Crippen molar-refractivity contribution in [2.45, 2.75) is 13.1 Å². The molecule has 102 valence electrons. The Bertz CT molecular complexity index is 645. The van der Waals surface area contributed by atoms with Crippen molar-refractivity contribution in [1.82, 2.24) is 0 Å². The van der Waals surface area contributed by atoms with Crippen molar-refractivity contribution >= 4 is 17.1 Å². The van der Waals surface area contributed by atoms with Gasteiger partial charge in [-0.3, -0.25) is 10.1 Å². The minimum absolute atomic E-state index is 0.141. The SMILES string of the molecule is CNc1cccc(N2Cc3ccccc3C2)c1[N+](=O)[O-]. The average molecular weight is 269 g/mol. The lowest BCUT2D eigenvalue weighted by atomic mass is 10.1. The van der Waals surface area contributed by atoms with Crippen LogP contribution in [0, 0.1) is 10.1 Å². The molecule has 2 aromatic rings. The van der Waals surface area contributed by atoms with Gasteiger partial charge >= 0.3 is 5.69 Å². The normalized spacial score (nSPS) is 13.2. The molecule has 1 heterocycles. The highest BCUT2D eigenvalue weighted by Gasteiger charge is 2.27. The number of nitrogens with one attached hydrogen (secondary N) is 1. The van der Waals surface area contributed by atoms with E-state index < -0.39 is 0 Å². The van der Waals surface area contributed by atoms with Crippen molar-refractivity contribution in [2.75, 3.05) is 17.3 Å². The largest absolute Gasteiger partial charge is 0.382 e. The van der Waals surface area contributed by atoms with Gasteiger partial charge in [0.1, 0.15) is 11.4 Å². The molecule has 2 aromatic carbocycles. The number of hydrogen-bond acceptors (Lipinski definition) is 4. The fraction of sp³-hybridized carbons (Fsp3) is 0.200. The van der Waals surface area contributed by atoms with Crippen LogP contribution in [0.3, 0.4) is 0 Å². The molecule has 1 N–H and O–H groups in total. The van der Waals surface area contributed by atoms with Gasteiger partial charge in [0.2, 0.25) is 0 Å². The molecule has 0 amide bonds. The summed E-state index contributed by atoms with van der Waals surface area (Å²) >= 11 is 0. The highest BCUT2D eigenvalue weighted by atomic mass is 16.6. The summed E-state index contributed by atoms with van der Waals surface area (Å²) in [4.78, 5) is 13.1. The average Bonchev–Trinajstić information content (AvgIpc) is 2.90. The Balaban J connectivity index is 2.03. The van der Waals surface area contributed by atoms with Crippen LogP contribution in [0.5, 0.6) is 0 Å². The zero-order valence-corrected chi connectivity index (χ0v) is 11.2. The van der Waals surface area contributed by atoms with Gasteiger partial charge in [-0.2, -0.15) is 0 Å². The maximum absolute atomic E-state index is 11.4. The molecule has 3 rings (SSSR count). The van der Waals surface area contributed by atoms with E-state index in [2.05, 4.69) is 17.4 Å². The van der Waals surface area contributed by atoms with E-state index in [1.807, 2.05) is 29.2 Å². The first-order chi connectivity index (χ1) is 9.70. The molecule has 0 aromatic heterocycles. The van der Waals surface area contributed by atoms with Crippen LogP contribution >= 0.6 is 0 Å². The molecule has 0 atom stereocenters. The van der Waals surface area contributed by atoms with Crippen LogP contribution in [0.4, 0.5) is 17.1 Å². The van der Waals surface area contributed by atoms with Crippen LogP contribution in [-0.4, -0.2) is 12.0 Å². The number of fused-ring (bicyclic) bond motifs is 1. The molecule has 0 unspecified atom stereocenters. The first kappa shape index (κ1) is 12.5. The van der Waals surface area contributed by atoms with Crippen LogP contribution in [0.15, 0.2) is 42.5 Å². The summed E-state index contributed by atoms with van der Waals surface area (Å²) in [5.74, 6) is 0. The maximum atomic E-state index is 11.4. The summed E-state index contributed by atoms with van der Waals surface area (Å²) in [6, 6.07) is 13.5. The highest BCUT2D eigenvalue weighted by Crippen LogP contribution is 2.38. The van der Waals surface area contributed by atoms with Gasteiger partial charge in [0.15, 0.2) is 0 Å². The predicted octanol–water partition coefficient (Wildman–Crippen LogP) is 3.16. The number of nitro benzene ring substituents is 1. The molecule has 0 bridgehead atoms. The summed E-state index contributed by atoms with van der Waals surface area (Å²) in [6.45, 7) is 1.42. The second kappa shape index (κ2) is 4.85. The predicted molar refractivity (Wildman–Crippen MR) is 79.0 cm³/mol. The first-order valence-electron chi connectivity index (χ1n) is 6.47. The molecule has 1 aliphatic rings. The third-order valence-corrected chi connectivity index (χ3v) is 3.65. The quantitative estimate of drug-likeness (QED) is 0.687. The molecule has 5 nitrogen and oxygen atoms in total. The molecule has 0 saturated carbocycles. The smallest absolute Gasteiger partial charge is 0.315 e. The van der Waals surface area contributed by atoms with Crippen molar-refractivity contribution in [3.8, 4) is 0 Å². The Morgan fingerprint density at radius 1 is 1.10 bits per heavy atom. The van der Waals surface area contributed by atoms with E-state index in [0.717, 1.165) is 0 Å². The summed E-state index contributed by atoms with van der Waals surface area (Å²) in [5, 5.41) is 14.3. The maximum Gasteiger partial charge on any atom is 0.315 e. The van der Waals surface area contributed by atoms with Crippen LogP contribution in [-0.2, 0) is 13.1 Å². The molecular weight excluding hydrogens is 254 g/mol. The van der Waals surface area contributed by atoms with Gasteiger partial charge in [-0.1, -0.05) is 30.3 Å². The molecule has 0 saturated heterocycles. The minimum Gasteiger partial charge on any atom is -0.382 e. The monoisotopic (exact) mass is 269 g/mol. The Morgan fingerprint density at radius 3 is 2.30 bits per heavy atom. The fourth-order valence-corrected chi connectivity index (χ4v) is 2.68.